The van der Waals surface area contributed by atoms with Gasteiger partial charge in [0.1, 0.15) is 0 Å². The van der Waals surface area contributed by atoms with Crippen LogP contribution in [-0.4, -0.2) is 54.6 Å². The Morgan fingerprint density at radius 2 is 1.65 bits per heavy atom. The first-order valence-electron chi connectivity index (χ1n) is 7.08. The lowest BCUT2D eigenvalue weighted by Gasteiger charge is -2.42. The number of nitrogens with zero attached hydrogens (tertiary/aromatic N) is 2. The van der Waals surface area contributed by atoms with Crippen molar-refractivity contribution < 1.29 is 0 Å². The maximum atomic E-state index is 6.05. The third kappa shape index (κ3) is 4.23. The van der Waals surface area contributed by atoms with Crippen molar-refractivity contribution in [2.45, 2.75) is 53.1 Å². The quantitative estimate of drug-likeness (QED) is 0.796. The van der Waals surface area contributed by atoms with Gasteiger partial charge in [-0.3, -0.25) is 4.90 Å². The molecule has 0 spiro atoms. The molecular formula is C14H31N3. The highest BCUT2D eigenvalue weighted by molar-refractivity contribution is 4.84. The van der Waals surface area contributed by atoms with E-state index in [4.69, 9.17) is 5.73 Å². The van der Waals surface area contributed by atoms with Gasteiger partial charge in [0.25, 0.3) is 0 Å². The molecular weight excluding hydrogens is 210 g/mol. The van der Waals surface area contributed by atoms with Crippen LogP contribution in [-0.2, 0) is 0 Å². The molecule has 0 bridgehead atoms. The van der Waals surface area contributed by atoms with Gasteiger partial charge in [-0.05, 0) is 25.7 Å². The number of hydrogen-bond acceptors (Lipinski definition) is 3. The Kier molecular flexibility index (Phi) is 5.42. The summed E-state index contributed by atoms with van der Waals surface area (Å²) in [6.07, 6.45) is 1.26. The Balaban J connectivity index is 2.37. The summed E-state index contributed by atoms with van der Waals surface area (Å²) in [5.74, 6) is 0. The van der Waals surface area contributed by atoms with Crippen LogP contribution in [0.5, 0.6) is 0 Å². The van der Waals surface area contributed by atoms with Crippen molar-refractivity contribution in [1.29, 1.82) is 0 Å². The summed E-state index contributed by atoms with van der Waals surface area (Å²) >= 11 is 0. The van der Waals surface area contributed by atoms with Crippen molar-refractivity contribution in [1.82, 2.24) is 9.80 Å². The average molecular weight is 241 g/mol. The lowest BCUT2D eigenvalue weighted by molar-refractivity contribution is 0.0694. The van der Waals surface area contributed by atoms with Crippen molar-refractivity contribution in [2.24, 2.45) is 11.1 Å². The van der Waals surface area contributed by atoms with Crippen LogP contribution < -0.4 is 5.73 Å². The fourth-order valence-corrected chi connectivity index (χ4v) is 2.34. The van der Waals surface area contributed by atoms with E-state index in [1.54, 1.807) is 0 Å². The number of nitrogens with two attached hydrogens (primary N) is 1. The maximum Gasteiger partial charge on any atom is 0.0113 e. The molecule has 1 rings (SSSR count). The molecule has 3 heteroatoms. The van der Waals surface area contributed by atoms with E-state index in [0.717, 1.165) is 12.6 Å². The number of piperazine rings is 1. The predicted octanol–water partition coefficient (Wildman–Crippen LogP) is 1.78. The van der Waals surface area contributed by atoms with Gasteiger partial charge in [-0.25, -0.2) is 0 Å². The first-order chi connectivity index (χ1) is 7.86. The second-order valence-corrected chi connectivity index (χ2v) is 6.35. The van der Waals surface area contributed by atoms with Crippen molar-refractivity contribution in [3.63, 3.8) is 0 Å². The summed E-state index contributed by atoms with van der Waals surface area (Å²) in [7, 11) is 0. The molecule has 0 saturated carbocycles. The molecule has 17 heavy (non-hydrogen) atoms. The van der Waals surface area contributed by atoms with Gasteiger partial charge in [-0.2, -0.15) is 0 Å². The second-order valence-electron chi connectivity index (χ2n) is 6.35. The van der Waals surface area contributed by atoms with Gasteiger partial charge in [0.2, 0.25) is 0 Å². The normalized spacial score (nSPS) is 23.6. The zero-order valence-electron chi connectivity index (χ0n) is 12.4. The van der Waals surface area contributed by atoms with Crippen molar-refractivity contribution in [2.75, 3.05) is 32.7 Å². The Morgan fingerprint density at radius 3 is 2.06 bits per heavy atom. The molecule has 1 saturated heterocycles. The minimum atomic E-state index is 0.221. The molecule has 3 nitrogen and oxygen atoms in total. The summed E-state index contributed by atoms with van der Waals surface area (Å²) in [6, 6.07) is 0.994. The molecule has 2 unspecified atom stereocenters. The first-order valence-corrected chi connectivity index (χ1v) is 7.08. The summed E-state index contributed by atoms with van der Waals surface area (Å²) < 4.78 is 0. The molecule has 0 aromatic heterocycles. The van der Waals surface area contributed by atoms with E-state index in [-0.39, 0.29) is 11.5 Å². The number of rotatable bonds is 5. The zero-order chi connectivity index (χ0) is 13.1. The van der Waals surface area contributed by atoms with E-state index in [1.807, 2.05) is 0 Å². The van der Waals surface area contributed by atoms with Gasteiger partial charge < -0.3 is 10.6 Å². The molecule has 0 aliphatic carbocycles. The van der Waals surface area contributed by atoms with Crippen molar-refractivity contribution in [3.05, 3.63) is 0 Å². The smallest absolute Gasteiger partial charge is 0.0113 e. The largest absolute Gasteiger partial charge is 0.327 e. The molecule has 2 N–H and O–H groups in total. The fourth-order valence-electron chi connectivity index (χ4n) is 2.34. The molecule has 1 aliphatic rings. The fraction of sp³-hybridized carbons (Fsp3) is 1.00. The average Bonchev–Trinajstić information content (AvgIpc) is 2.28. The Labute approximate surface area is 107 Å². The molecule has 0 aromatic carbocycles. The summed E-state index contributed by atoms with van der Waals surface area (Å²) in [4.78, 5) is 5.18. The third-order valence-electron chi connectivity index (χ3n) is 4.48. The second kappa shape index (κ2) is 6.17. The summed E-state index contributed by atoms with van der Waals surface area (Å²) in [6.45, 7) is 17.2. The van der Waals surface area contributed by atoms with Gasteiger partial charge >= 0.3 is 0 Å². The van der Waals surface area contributed by atoms with Gasteiger partial charge in [-0.15, -0.1) is 0 Å². The summed E-state index contributed by atoms with van der Waals surface area (Å²) in [5.41, 5.74) is 6.27. The first kappa shape index (κ1) is 14.9. The van der Waals surface area contributed by atoms with Gasteiger partial charge in [0.05, 0.1) is 0 Å². The minimum Gasteiger partial charge on any atom is -0.327 e. The van der Waals surface area contributed by atoms with E-state index < -0.39 is 0 Å². The third-order valence-corrected chi connectivity index (χ3v) is 4.48. The standard InChI is InChI=1S/C14H31N3/c1-6-12(2)17-9-7-16(8-10-17)11-14(4,5)13(3)15/h12-13H,6-11,15H2,1-5H3. The highest BCUT2D eigenvalue weighted by Crippen LogP contribution is 2.21. The lowest BCUT2D eigenvalue weighted by Crippen LogP contribution is -2.53. The SMILES string of the molecule is CCC(C)N1CCN(CC(C)(C)C(C)N)CC1. The van der Waals surface area contributed by atoms with Gasteiger partial charge in [0.15, 0.2) is 0 Å². The van der Waals surface area contributed by atoms with Crippen LogP contribution >= 0.6 is 0 Å². The van der Waals surface area contributed by atoms with Gasteiger partial charge in [0, 0.05) is 44.8 Å². The van der Waals surface area contributed by atoms with Gasteiger partial charge in [-0.1, -0.05) is 20.8 Å². The topological polar surface area (TPSA) is 32.5 Å². The van der Waals surface area contributed by atoms with Crippen molar-refractivity contribution >= 4 is 0 Å². The van der Waals surface area contributed by atoms with Crippen molar-refractivity contribution in [3.8, 4) is 0 Å². The monoisotopic (exact) mass is 241 g/mol. The van der Waals surface area contributed by atoms with E-state index in [0.29, 0.717) is 0 Å². The molecule has 0 amide bonds. The van der Waals surface area contributed by atoms with E-state index in [9.17, 15) is 0 Å². The van der Waals surface area contributed by atoms with E-state index in [2.05, 4.69) is 44.4 Å². The highest BCUT2D eigenvalue weighted by Gasteiger charge is 2.28. The molecule has 2 atom stereocenters. The van der Waals surface area contributed by atoms with E-state index in [1.165, 1.54) is 32.6 Å². The highest BCUT2D eigenvalue weighted by atomic mass is 15.3. The molecule has 0 aromatic rings. The van der Waals surface area contributed by atoms with Crippen LogP contribution in [0.15, 0.2) is 0 Å². The molecule has 1 aliphatic heterocycles. The van der Waals surface area contributed by atoms with Crippen LogP contribution in [0.2, 0.25) is 0 Å². The predicted molar refractivity (Wildman–Crippen MR) is 75.2 cm³/mol. The number of hydrogen-bond donors (Lipinski definition) is 1. The summed E-state index contributed by atoms with van der Waals surface area (Å²) in [5, 5.41) is 0. The van der Waals surface area contributed by atoms with E-state index >= 15 is 0 Å². The molecule has 102 valence electrons. The molecule has 0 radical (unpaired) electrons. The van der Waals surface area contributed by atoms with Crippen LogP contribution in [0.25, 0.3) is 0 Å². The lowest BCUT2D eigenvalue weighted by atomic mass is 9.85. The van der Waals surface area contributed by atoms with Crippen LogP contribution in [0.4, 0.5) is 0 Å². The zero-order valence-corrected chi connectivity index (χ0v) is 12.4. The Hall–Kier alpha value is -0.120. The minimum absolute atomic E-state index is 0.221. The molecule has 1 heterocycles. The Bertz CT molecular complexity index is 218. The maximum absolute atomic E-state index is 6.05. The van der Waals surface area contributed by atoms with Crippen LogP contribution in [0.3, 0.4) is 0 Å². The Morgan fingerprint density at radius 1 is 1.12 bits per heavy atom. The van der Waals surface area contributed by atoms with Crippen LogP contribution in [0, 0.1) is 5.41 Å². The molecule has 1 fully saturated rings. The van der Waals surface area contributed by atoms with Crippen LogP contribution in [0.1, 0.15) is 41.0 Å².